The van der Waals surface area contributed by atoms with Gasteiger partial charge in [0.15, 0.2) is 0 Å². The maximum atomic E-state index is 2.45. The van der Waals surface area contributed by atoms with Crippen LogP contribution >= 0.6 is 0 Å². The molecule has 0 aliphatic heterocycles. The van der Waals surface area contributed by atoms with Crippen LogP contribution in [0.25, 0.3) is 110 Å². The first-order valence-electron chi connectivity index (χ1n) is 19.3. The van der Waals surface area contributed by atoms with Crippen LogP contribution in [0.4, 0.5) is 0 Å². The van der Waals surface area contributed by atoms with E-state index in [4.69, 9.17) is 0 Å². The van der Waals surface area contributed by atoms with Crippen molar-refractivity contribution in [3.8, 4) is 33.6 Å². The van der Waals surface area contributed by atoms with E-state index in [0.29, 0.717) is 0 Å². The van der Waals surface area contributed by atoms with Gasteiger partial charge in [0.1, 0.15) is 0 Å². The Hall–Kier alpha value is -7.42. The lowest BCUT2D eigenvalue weighted by Crippen LogP contribution is -1.95. The van der Waals surface area contributed by atoms with E-state index in [1.165, 1.54) is 104 Å². The van der Waals surface area contributed by atoms with Crippen molar-refractivity contribution < 1.29 is 0 Å². The van der Waals surface area contributed by atoms with Gasteiger partial charge in [0.25, 0.3) is 0 Å². The van der Waals surface area contributed by atoms with E-state index in [1.54, 1.807) is 0 Å². The number of benzene rings is 10. The van der Waals surface area contributed by atoms with Crippen molar-refractivity contribution in [3.63, 3.8) is 0 Å². The SMILES string of the molecule is c1ccc(-n2c3ccccc3c3cc(-c4ccc5c6ccccc6n(-c6cccc(-c7ccc8c9ccccc9c9ccccc9c8c7)c6)c5c4)ccc32)cc1. The number of aromatic nitrogens is 2. The molecule has 0 aliphatic carbocycles. The van der Waals surface area contributed by atoms with Crippen molar-refractivity contribution in [1.82, 2.24) is 9.13 Å². The van der Waals surface area contributed by atoms with Gasteiger partial charge in [-0.05, 0) is 115 Å². The summed E-state index contributed by atoms with van der Waals surface area (Å²) in [4.78, 5) is 0. The van der Waals surface area contributed by atoms with E-state index >= 15 is 0 Å². The molecule has 0 saturated carbocycles. The molecular weight excluding hydrogens is 677 g/mol. The Morgan fingerprint density at radius 1 is 0.196 bits per heavy atom. The fourth-order valence-electron chi connectivity index (χ4n) is 9.35. The topological polar surface area (TPSA) is 9.86 Å². The van der Waals surface area contributed by atoms with Gasteiger partial charge in [0, 0.05) is 32.9 Å². The van der Waals surface area contributed by atoms with Gasteiger partial charge in [0.05, 0.1) is 22.1 Å². The van der Waals surface area contributed by atoms with Gasteiger partial charge in [-0.25, -0.2) is 0 Å². The van der Waals surface area contributed by atoms with Crippen molar-refractivity contribution >= 4 is 75.9 Å². The zero-order chi connectivity index (χ0) is 36.7. The van der Waals surface area contributed by atoms with Gasteiger partial charge >= 0.3 is 0 Å². The van der Waals surface area contributed by atoms with Crippen LogP contribution in [0, 0.1) is 0 Å². The molecule has 12 aromatic rings. The first-order chi connectivity index (χ1) is 27.8. The molecular formula is C54H34N2. The van der Waals surface area contributed by atoms with E-state index in [0.717, 1.165) is 5.69 Å². The summed E-state index contributed by atoms with van der Waals surface area (Å²) in [5.41, 5.74) is 12.0. The molecule has 2 nitrogen and oxygen atoms in total. The molecule has 56 heavy (non-hydrogen) atoms. The van der Waals surface area contributed by atoms with Gasteiger partial charge in [-0.15, -0.1) is 0 Å². The number of hydrogen-bond donors (Lipinski definition) is 0. The molecule has 0 fully saturated rings. The first-order valence-corrected chi connectivity index (χ1v) is 19.3. The fraction of sp³-hybridized carbons (Fsp3) is 0. The van der Waals surface area contributed by atoms with Crippen LogP contribution in [0.15, 0.2) is 206 Å². The fourth-order valence-corrected chi connectivity index (χ4v) is 9.35. The molecule has 2 heterocycles. The summed E-state index contributed by atoms with van der Waals surface area (Å²) in [6.45, 7) is 0. The molecule has 0 amide bonds. The molecule has 12 rings (SSSR count). The lowest BCUT2D eigenvalue weighted by atomic mass is 9.92. The highest BCUT2D eigenvalue weighted by Crippen LogP contribution is 2.40. The highest BCUT2D eigenvalue weighted by molar-refractivity contribution is 6.25. The van der Waals surface area contributed by atoms with Crippen molar-refractivity contribution in [1.29, 1.82) is 0 Å². The van der Waals surface area contributed by atoms with Gasteiger partial charge in [-0.2, -0.15) is 0 Å². The number of rotatable bonds is 4. The van der Waals surface area contributed by atoms with Crippen LogP contribution in [0.3, 0.4) is 0 Å². The number of hydrogen-bond acceptors (Lipinski definition) is 0. The summed E-state index contributed by atoms with van der Waals surface area (Å²) in [6.07, 6.45) is 0. The second kappa shape index (κ2) is 12.0. The van der Waals surface area contributed by atoms with Gasteiger partial charge in [0.2, 0.25) is 0 Å². The molecule has 2 heteroatoms. The lowest BCUT2D eigenvalue weighted by Gasteiger charge is -2.14. The molecule has 0 saturated heterocycles. The molecule has 0 aliphatic rings. The highest BCUT2D eigenvalue weighted by atomic mass is 15.0. The second-order valence-corrected chi connectivity index (χ2v) is 14.9. The predicted octanol–water partition coefficient (Wildman–Crippen LogP) is 14.7. The Bertz CT molecular complexity index is 3490. The van der Waals surface area contributed by atoms with E-state index in [-0.39, 0.29) is 0 Å². The van der Waals surface area contributed by atoms with Crippen LogP contribution in [0.1, 0.15) is 0 Å². The minimum atomic E-state index is 1.15. The van der Waals surface area contributed by atoms with Crippen LogP contribution in [0.2, 0.25) is 0 Å². The monoisotopic (exact) mass is 710 g/mol. The Labute approximate surface area is 323 Å². The van der Waals surface area contributed by atoms with Crippen molar-refractivity contribution in [2.24, 2.45) is 0 Å². The summed E-state index contributed by atoms with van der Waals surface area (Å²) in [5.74, 6) is 0. The van der Waals surface area contributed by atoms with E-state index < -0.39 is 0 Å². The number of para-hydroxylation sites is 3. The summed E-state index contributed by atoms with van der Waals surface area (Å²) < 4.78 is 4.82. The largest absolute Gasteiger partial charge is 0.309 e. The minimum absolute atomic E-state index is 1.15. The van der Waals surface area contributed by atoms with Gasteiger partial charge in [-0.1, -0.05) is 146 Å². The van der Waals surface area contributed by atoms with Crippen molar-refractivity contribution in [3.05, 3.63) is 206 Å². The Morgan fingerprint density at radius 2 is 0.607 bits per heavy atom. The maximum absolute atomic E-state index is 2.45. The summed E-state index contributed by atoms with van der Waals surface area (Å²) >= 11 is 0. The van der Waals surface area contributed by atoms with Gasteiger partial charge in [-0.3, -0.25) is 0 Å². The van der Waals surface area contributed by atoms with Crippen LogP contribution in [-0.4, -0.2) is 9.13 Å². The maximum Gasteiger partial charge on any atom is 0.0547 e. The van der Waals surface area contributed by atoms with Crippen molar-refractivity contribution in [2.45, 2.75) is 0 Å². The smallest absolute Gasteiger partial charge is 0.0547 e. The zero-order valence-electron chi connectivity index (χ0n) is 30.5. The zero-order valence-corrected chi connectivity index (χ0v) is 30.5. The molecule has 0 spiro atoms. The summed E-state index contributed by atoms with van der Waals surface area (Å²) in [7, 11) is 0. The molecule has 0 unspecified atom stereocenters. The Kier molecular flexibility index (Phi) is 6.66. The normalized spacial score (nSPS) is 11.9. The van der Waals surface area contributed by atoms with E-state index in [1.807, 2.05) is 0 Å². The molecule has 2 aromatic heterocycles. The second-order valence-electron chi connectivity index (χ2n) is 14.9. The Morgan fingerprint density at radius 3 is 1.29 bits per heavy atom. The van der Waals surface area contributed by atoms with Gasteiger partial charge < -0.3 is 9.13 Å². The molecule has 0 N–H and O–H groups in total. The molecule has 10 aromatic carbocycles. The third-order valence-electron chi connectivity index (χ3n) is 11.9. The number of nitrogens with zero attached hydrogens (tertiary/aromatic N) is 2. The third-order valence-corrected chi connectivity index (χ3v) is 11.9. The minimum Gasteiger partial charge on any atom is -0.309 e. The number of fused-ring (bicyclic) bond motifs is 12. The first kappa shape index (κ1) is 31.0. The quantitative estimate of drug-likeness (QED) is 0.161. The summed E-state index contributed by atoms with van der Waals surface area (Å²) in [6, 6.07) is 75.8. The van der Waals surface area contributed by atoms with E-state index in [2.05, 4.69) is 215 Å². The van der Waals surface area contributed by atoms with Crippen molar-refractivity contribution in [2.75, 3.05) is 0 Å². The Balaban J connectivity index is 1.03. The molecule has 0 radical (unpaired) electrons. The lowest BCUT2D eigenvalue weighted by molar-refractivity contribution is 1.18. The molecule has 260 valence electrons. The highest BCUT2D eigenvalue weighted by Gasteiger charge is 2.17. The molecule has 0 atom stereocenters. The average molecular weight is 711 g/mol. The predicted molar refractivity (Wildman–Crippen MR) is 239 cm³/mol. The molecule has 0 bridgehead atoms. The van der Waals surface area contributed by atoms with Crippen LogP contribution in [0.5, 0.6) is 0 Å². The standard InChI is InChI=1S/C54H34N2/c1-2-14-39(15-3-1)55-52-24-11-9-22-47(52)50-33-37(27-30-53(50)55)38-26-29-48-46-21-8-10-23-51(46)56(54(48)34-38)40-16-12-13-35(31-40)36-25-28-45-43-19-5-4-17-41(43)42-18-6-7-20-44(42)49(45)32-36/h1-34H. The average Bonchev–Trinajstić information content (AvgIpc) is 3.79. The van der Waals surface area contributed by atoms with Crippen LogP contribution in [-0.2, 0) is 0 Å². The van der Waals surface area contributed by atoms with Crippen LogP contribution < -0.4 is 0 Å². The van der Waals surface area contributed by atoms with E-state index in [9.17, 15) is 0 Å². The summed E-state index contributed by atoms with van der Waals surface area (Å²) in [5, 5.41) is 12.8. The third kappa shape index (κ3) is 4.57.